The number of ether oxygens (including phenoxy) is 2. The highest BCUT2D eigenvalue weighted by Crippen LogP contribution is 2.22. The predicted octanol–water partition coefficient (Wildman–Crippen LogP) is 4.60. The molecule has 0 unspecified atom stereocenters. The zero-order valence-corrected chi connectivity index (χ0v) is 17.5. The Bertz CT molecular complexity index is 1000. The van der Waals surface area contributed by atoms with Crippen LogP contribution in [0.15, 0.2) is 76.2 Å². The van der Waals surface area contributed by atoms with E-state index in [2.05, 4.69) is 0 Å². The summed E-state index contributed by atoms with van der Waals surface area (Å²) in [5.41, 5.74) is 0. The summed E-state index contributed by atoms with van der Waals surface area (Å²) in [6.45, 7) is 2.79. The third kappa shape index (κ3) is 5.76. The molecule has 0 aliphatic rings. The van der Waals surface area contributed by atoms with Gasteiger partial charge >= 0.3 is 0 Å². The maximum Gasteiger partial charge on any atom is 0.243 e. The summed E-state index contributed by atoms with van der Waals surface area (Å²) >= 11 is 5.96. The molecule has 6 nitrogen and oxygen atoms in total. The van der Waals surface area contributed by atoms with E-state index in [-0.39, 0.29) is 24.6 Å². The minimum absolute atomic E-state index is 0.0987. The van der Waals surface area contributed by atoms with Crippen LogP contribution in [0.25, 0.3) is 0 Å². The number of sulfonamides is 1. The Hall–Kier alpha value is -2.48. The first-order valence-electron chi connectivity index (χ1n) is 9.13. The lowest BCUT2D eigenvalue weighted by Crippen LogP contribution is -2.34. The smallest absolute Gasteiger partial charge is 0.243 e. The number of hydrogen-bond donors (Lipinski definition) is 0. The lowest BCUT2D eigenvalue weighted by Gasteiger charge is -2.21. The van der Waals surface area contributed by atoms with Gasteiger partial charge in [0.15, 0.2) is 0 Å². The highest BCUT2D eigenvalue weighted by atomic mass is 35.5. The molecule has 0 aliphatic heterocycles. The van der Waals surface area contributed by atoms with E-state index >= 15 is 0 Å². The summed E-state index contributed by atoms with van der Waals surface area (Å²) in [6.07, 6.45) is 1.51. The molecule has 3 rings (SSSR count). The van der Waals surface area contributed by atoms with Crippen molar-refractivity contribution in [3.05, 3.63) is 77.7 Å². The average molecular weight is 436 g/mol. The summed E-state index contributed by atoms with van der Waals surface area (Å²) in [6, 6.07) is 16.8. The quantitative estimate of drug-likeness (QED) is 0.465. The number of nitrogens with zero attached hydrogens (tertiary/aromatic N) is 1. The van der Waals surface area contributed by atoms with Crippen molar-refractivity contribution < 1.29 is 22.3 Å². The lowest BCUT2D eigenvalue weighted by molar-refractivity contribution is 0.261. The van der Waals surface area contributed by atoms with Crippen LogP contribution in [0.4, 0.5) is 0 Å². The Balaban J connectivity index is 1.76. The largest absolute Gasteiger partial charge is 0.494 e. The van der Waals surface area contributed by atoms with Gasteiger partial charge < -0.3 is 13.9 Å². The standard InChI is InChI=1S/C21H22ClNO5S/c1-2-26-18-8-10-21(11-9-18)29(24,25)23(16-20-7-4-13-27-20)12-14-28-19-6-3-5-17(22)15-19/h3-11,13,15H,2,12,14,16H2,1H3. The Labute approximate surface area is 175 Å². The minimum atomic E-state index is -3.76. The van der Waals surface area contributed by atoms with Gasteiger partial charge in [0.2, 0.25) is 10.0 Å². The monoisotopic (exact) mass is 435 g/mol. The maximum absolute atomic E-state index is 13.2. The van der Waals surface area contributed by atoms with E-state index in [1.807, 2.05) is 6.92 Å². The summed E-state index contributed by atoms with van der Waals surface area (Å²) < 4.78 is 44.1. The van der Waals surface area contributed by atoms with Crippen LogP contribution in [0.3, 0.4) is 0 Å². The van der Waals surface area contributed by atoms with Crippen LogP contribution in [-0.4, -0.2) is 32.5 Å². The molecule has 0 atom stereocenters. The molecule has 3 aromatic rings. The van der Waals surface area contributed by atoms with E-state index in [0.29, 0.717) is 28.9 Å². The zero-order valence-electron chi connectivity index (χ0n) is 16.0. The molecule has 0 amide bonds. The fourth-order valence-electron chi connectivity index (χ4n) is 2.71. The molecule has 154 valence electrons. The maximum atomic E-state index is 13.2. The van der Waals surface area contributed by atoms with E-state index in [1.54, 1.807) is 48.5 Å². The molecule has 0 radical (unpaired) electrons. The molecule has 0 spiro atoms. The molecule has 0 saturated heterocycles. The number of hydrogen-bond acceptors (Lipinski definition) is 5. The van der Waals surface area contributed by atoms with E-state index in [0.717, 1.165) is 0 Å². The topological polar surface area (TPSA) is 69.0 Å². The van der Waals surface area contributed by atoms with Crippen molar-refractivity contribution in [1.29, 1.82) is 0 Å². The first-order valence-corrected chi connectivity index (χ1v) is 10.9. The SMILES string of the molecule is CCOc1ccc(S(=O)(=O)N(CCOc2cccc(Cl)c2)Cc2ccco2)cc1. The Morgan fingerprint density at radius 3 is 2.45 bits per heavy atom. The molecule has 0 aliphatic carbocycles. The van der Waals surface area contributed by atoms with Gasteiger partial charge in [0.05, 0.1) is 24.3 Å². The van der Waals surface area contributed by atoms with Gasteiger partial charge in [0.25, 0.3) is 0 Å². The second-order valence-electron chi connectivity index (χ2n) is 6.13. The van der Waals surface area contributed by atoms with Crippen LogP contribution >= 0.6 is 11.6 Å². The molecule has 1 heterocycles. The molecular formula is C21H22ClNO5S. The fraction of sp³-hybridized carbons (Fsp3) is 0.238. The first-order chi connectivity index (χ1) is 14.0. The van der Waals surface area contributed by atoms with E-state index in [1.165, 1.54) is 22.7 Å². The van der Waals surface area contributed by atoms with Crippen molar-refractivity contribution in [2.45, 2.75) is 18.4 Å². The number of rotatable bonds is 10. The normalized spacial score (nSPS) is 11.6. The van der Waals surface area contributed by atoms with E-state index < -0.39 is 10.0 Å². The Morgan fingerprint density at radius 1 is 1.00 bits per heavy atom. The zero-order chi connectivity index (χ0) is 20.7. The van der Waals surface area contributed by atoms with Crippen LogP contribution in [0.2, 0.25) is 5.02 Å². The molecule has 1 aromatic heterocycles. The van der Waals surface area contributed by atoms with Crippen molar-refractivity contribution in [3.63, 3.8) is 0 Å². The Kier molecular flexibility index (Phi) is 7.19. The molecule has 29 heavy (non-hydrogen) atoms. The van der Waals surface area contributed by atoms with Crippen molar-refractivity contribution >= 4 is 21.6 Å². The van der Waals surface area contributed by atoms with Crippen LogP contribution in [0.5, 0.6) is 11.5 Å². The molecule has 2 aromatic carbocycles. The number of furan rings is 1. The molecule has 0 bridgehead atoms. The molecular weight excluding hydrogens is 414 g/mol. The van der Waals surface area contributed by atoms with Crippen LogP contribution in [0.1, 0.15) is 12.7 Å². The van der Waals surface area contributed by atoms with Gasteiger partial charge in [-0.15, -0.1) is 0 Å². The van der Waals surface area contributed by atoms with Gasteiger partial charge in [-0.05, 0) is 61.5 Å². The summed E-state index contributed by atoms with van der Waals surface area (Å²) in [5, 5.41) is 0.553. The van der Waals surface area contributed by atoms with Gasteiger partial charge in [-0.3, -0.25) is 0 Å². The number of benzene rings is 2. The molecule has 8 heteroatoms. The highest BCUT2D eigenvalue weighted by Gasteiger charge is 2.25. The lowest BCUT2D eigenvalue weighted by atomic mass is 10.3. The molecule has 0 fully saturated rings. The average Bonchev–Trinajstić information content (AvgIpc) is 3.21. The highest BCUT2D eigenvalue weighted by molar-refractivity contribution is 7.89. The van der Waals surface area contributed by atoms with Gasteiger partial charge in [0.1, 0.15) is 23.9 Å². The summed E-state index contributed by atoms with van der Waals surface area (Å²) in [7, 11) is -3.76. The Morgan fingerprint density at radius 2 is 1.79 bits per heavy atom. The van der Waals surface area contributed by atoms with Crippen LogP contribution in [0, 0.1) is 0 Å². The minimum Gasteiger partial charge on any atom is -0.494 e. The predicted molar refractivity (Wildman–Crippen MR) is 111 cm³/mol. The van der Waals surface area contributed by atoms with Gasteiger partial charge in [-0.25, -0.2) is 8.42 Å². The second-order valence-corrected chi connectivity index (χ2v) is 8.50. The summed E-state index contributed by atoms with van der Waals surface area (Å²) in [4.78, 5) is 0.176. The summed E-state index contributed by atoms with van der Waals surface area (Å²) in [5.74, 6) is 1.74. The van der Waals surface area contributed by atoms with Gasteiger partial charge in [-0.2, -0.15) is 4.31 Å². The number of halogens is 1. The van der Waals surface area contributed by atoms with Crippen molar-refractivity contribution in [1.82, 2.24) is 4.31 Å². The fourth-order valence-corrected chi connectivity index (χ4v) is 4.28. The second kappa shape index (κ2) is 9.82. The molecule has 0 N–H and O–H groups in total. The van der Waals surface area contributed by atoms with Crippen LogP contribution in [-0.2, 0) is 16.6 Å². The first kappa shape index (κ1) is 21.2. The van der Waals surface area contributed by atoms with Gasteiger partial charge in [0, 0.05) is 11.6 Å². The van der Waals surface area contributed by atoms with E-state index in [4.69, 9.17) is 25.5 Å². The van der Waals surface area contributed by atoms with Crippen molar-refractivity contribution in [2.75, 3.05) is 19.8 Å². The third-order valence-electron chi connectivity index (χ3n) is 4.09. The van der Waals surface area contributed by atoms with Crippen molar-refractivity contribution in [2.24, 2.45) is 0 Å². The van der Waals surface area contributed by atoms with E-state index in [9.17, 15) is 8.42 Å². The van der Waals surface area contributed by atoms with Crippen LogP contribution < -0.4 is 9.47 Å². The third-order valence-corrected chi connectivity index (χ3v) is 6.18. The molecule has 0 saturated carbocycles. The van der Waals surface area contributed by atoms with Crippen molar-refractivity contribution in [3.8, 4) is 11.5 Å². The van der Waals surface area contributed by atoms with Gasteiger partial charge in [-0.1, -0.05) is 17.7 Å².